The highest BCUT2D eigenvalue weighted by Gasteiger charge is 2.27. The van der Waals surface area contributed by atoms with Gasteiger partial charge in [0.1, 0.15) is 10.8 Å². The van der Waals surface area contributed by atoms with E-state index < -0.39 is 0 Å². The van der Waals surface area contributed by atoms with Crippen molar-refractivity contribution in [2.45, 2.75) is 46.1 Å². The molecular formula is C14H24N4S. The van der Waals surface area contributed by atoms with Crippen molar-refractivity contribution in [1.82, 2.24) is 9.78 Å². The lowest BCUT2D eigenvalue weighted by Gasteiger charge is -2.34. The molecule has 3 N–H and O–H groups in total. The van der Waals surface area contributed by atoms with Gasteiger partial charge in [-0.1, -0.05) is 26.1 Å². The van der Waals surface area contributed by atoms with Gasteiger partial charge in [0.25, 0.3) is 0 Å². The van der Waals surface area contributed by atoms with Crippen LogP contribution >= 0.6 is 12.2 Å². The van der Waals surface area contributed by atoms with Crippen molar-refractivity contribution in [3.63, 3.8) is 0 Å². The highest BCUT2D eigenvalue weighted by molar-refractivity contribution is 7.80. The lowest BCUT2D eigenvalue weighted by molar-refractivity contribution is 0.275. The van der Waals surface area contributed by atoms with Crippen LogP contribution in [0.25, 0.3) is 0 Å². The minimum atomic E-state index is 0.421. The minimum absolute atomic E-state index is 0.421. The Balaban J connectivity index is 2.21. The Morgan fingerprint density at radius 2 is 2.11 bits per heavy atom. The first-order valence-electron chi connectivity index (χ1n) is 7.00. The molecule has 0 radical (unpaired) electrons. The van der Waals surface area contributed by atoms with Crippen molar-refractivity contribution in [2.75, 3.05) is 5.32 Å². The Morgan fingerprint density at radius 1 is 1.42 bits per heavy atom. The summed E-state index contributed by atoms with van der Waals surface area (Å²) in [5.74, 6) is 2.46. The Labute approximate surface area is 120 Å². The molecule has 0 bridgehead atoms. The summed E-state index contributed by atoms with van der Waals surface area (Å²) in [5, 5.41) is 8.05. The van der Waals surface area contributed by atoms with Gasteiger partial charge in [0, 0.05) is 13.1 Å². The molecule has 2 rings (SSSR count). The summed E-state index contributed by atoms with van der Waals surface area (Å²) in [6.45, 7) is 6.60. The maximum Gasteiger partial charge on any atom is 0.134 e. The molecule has 1 aromatic rings. The minimum Gasteiger partial charge on any atom is -0.389 e. The van der Waals surface area contributed by atoms with E-state index in [0.29, 0.717) is 16.9 Å². The number of nitrogens with one attached hydrogen (secondary N) is 1. The third-order valence-corrected chi connectivity index (χ3v) is 4.43. The molecule has 0 aliphatic heterocycles. The van der Waals surface area contributed by atoms with Gasteiger partial charge < -0.3 is 11.1 Å². The van der Waals surface area contributed by atoms with Gasteiger partial charge in [-0.15, -0.1) is 0 Å². The Kier molecular flexibility index (Phi) is 4.13. The van der Waals surface area contributed by atoms with Crippen LogP contribution in [-0.2, 0) is 7.05 Å². The van der Waals surface area contributed by atoms with Crippen molar-refractivity contribution in [1.29, 1.82) is 0 Å². The standard InChI is InChI=1S/C14H24N4S/c1-8-5-6-11(9(2)7-8)16-14-12(13(15)19)10(3)17-18(14)4/h8-9,11,16H,5-7H2,1-4H3,(H2,15,19). The third kappa shape index (κ3) is 2.91. The van der Waals surface area contributed by atoms with Crippen molar-refractivity contribution >= 4 is 23.0 Å². The Bertz CT molecular complexity index is 480. The number of hydrogen-bond donors (Lipinski definition) is 2. The van der Waals surface area contributed by atoms with Gasteiger partial charge in [0.2, 0.25) is 0 Å². The molecule has 106 valence electrons. The number of hydrogen-bond acceptors (Lipinski definition) is 3. The highest BCUT2D eigenvalue weighted by Crippen LogP contribution is 2.31. The fraction of sp³-hybridized carbons (Fsp3) is 0.714. The molecule has 0 aromatic carbocycles. The summed E-state index contributed by atoms with van der Waals surface area (Å²) in [6, 6.07) is 0.485. The highest BCUT2D eigenvalue weighted by atomic mass is 32.1. The van der Waals surface area contributed by atoms with Crippen molar-refractivity contribution in [3.8, 4) is 0 Å². The summed E-state index contributed by atoms with van der Waals surface area (Å²) < 4.78 is 1.86. The van der Waals surface area contributed by atoms with Crippen LogP contribution < -0.4 is 11.1 Å². The molecule has 1 aromatic heterocycles. The molecule has 0 amide bonds. The molecule has 1 aliphatic carbocycles. The molecule has 3 unspecified atom stereocenters. The van der Waals surface area contributed by atoms with Gasteiger partial charge in [0.15, 0.2) is 0 Å². The number of nitrogens with two attached hydrogens (primary N) is 1. The first-order chi connectivity index (χ1) is 8.90. The fourth-order valence-electron chi connectivity index (χ4n) is 3.17. The van der Waals surface area contributed by atoms with Crippen LogP contribution in [0.15, 0.2) is 0 Å². The lowest BCUT2D eigenvalue weighted by Crippen LogP contribution is -2.34. The predicted octanol–water partition coefficient (Wildman–Crippen LogP) is 2.60. The number of nitrogens with zero attached hydrogens (tertiary/aromatic N) is 2. The maximum absolute atomic E-state index is 5.83. The van der Waals surface area contributed by atoms with E-state index in [1.54, 1.807) is 0 Å². The Morgan fingerprint density at radius 3 is 2.68 bits per heavy atom. The molecule has 1 aliphatic rings. The molecule has 0 saturated heterocycles. The summed E-state index contributed by atoms with van der Waals surface area (Å²) in [4.78, 5) is 0.421. The van der Waals surface area contributed by atoms with Crippen LogP contribution in [0, 0.1) is 18.8 Å². The number of rotatable bonds is 3. The normalized spacial score (nSPS) is 27.3. The van der Waals surface area contributed by atoms with Gasteiger partial charge in [-0.2, -0.15) is 5.10 Å². The molecule has 19 heavy (non-hydrogen) atoms. The van der Waals surface area contributed by atoms with Gasteiger partial charge in [-0.05, 0) is 38.0 Å². The molecule has 1 heterocycles. The summed E-state index contributed by atoms with van der Waals surface area (Å²) in [7, 11) is 1.94. The van der Waals surface area contributed by atoms with E-state index in [2.05, 4.69) is 24.3 Å². The number of aryl methyl sites for hydroxylation is 2. The summed E-state index contributed by atoms with van der Waals surface area (Å²) >= 11 is 5.15. The fourth-order valence-corrected chi connectivity index (χ4v) is 3.42. The van der Waals surface area contributed by atoms with E-state index in [1.165, 1.54) is 19.3 Å². The van der Waals surface area contributed by atoms with E-state index in [-0.39, 0.29) is 0 Å². The van der Waals surface area contributed by atoms with Crippen molar-refractivity contribution < 1.29 is 0 Å². The van der Waals surface area contributed by atoms with Crippen LogP contribution in [0.1, 0.15) is 44.4 Å². The first kappa shape index (κ1) is 14.3. The SMILES string of the molecule is Cc1nn(C)c(NC2CCC(C)CC2C)c1C(N)=S. The van der Waals surface area contributed by atoms with Crippen LogP contribution in [0.4, 0.5) is 5.82 Å². The summed E-state index contributed by atoms with van der Waals surface area (Å²) in [5.41, 5.74) is 7.62. The summed E-state index contributed by atoms with van der Waals surface area (Å²) in [6.07, 6.45) is 3.75. The second kappa shape index (κ2) is 5.49. The molecule has 5 heteroatoms. The number of thiocarbonyl (C=S) groups is 1. The Hall–Kier alpha value is -1.10. The zero-order valence-electron chi connectivity index (χ0n) is 12.2. The van der Waals surface area contributed by atoms with Crippen LogP contribution in [0.2, 0.25) is 0 Å². The molecular weight excluding hydrogens is 256 g/mol. The van der Waals surface area contributed by atoms with E-state index >= 15 is 0 Å². The lowest BCUT2D eigenvalue weighted by atomic mass is 9.80. The quantitative estimate of drug-likeness (QED) is 0.836. The predicted molar refractivity (Wildman–Crippen MR) is 83.4 cm³/mol. The molecule has 3 atom stereocenters. The monoisotopic (exact) mass is 280 g/mol. The largest absolute Gasteiger partial charge is 0.389 e. The van der Waals surface area contributed by atoms with Gasteiger partial charge >= 0.3 is 0 Å². The van der Waals surface area contributed by atoms with Crippen LogP contribution in [-0.4, -0.2) is 20.8 Å². The van der Waals surface area contributed by atoms with Gasteiger partial charge in [-0.25, -0.2) is 0 Å². The maximum atomic E-state index is 5.83. The second-order valence-corrected chi connectivity index (χ2v) is 6.38. The molecule has 0 spiro atoms. The topological polar surface area (TPSA) is 55.9 Å². The average Bonchev–Trinajstić information content (AvgIpc) is 2.57. The zero-order valence-corrected chi connectivity index (χ0v) is 13.0. The molecule has 4 nitrogen and oxygen atoms in total. The molecule has 1 saturated carbocycles. The van der Waals surface area contributed by atoms with E-state index in [9.17, 15) is 0 Å². The van der Waals surface area contributed by atoms with E-state index in [0.717, 1.165) is 23.0 Å². The second-order valence-electron chi connectivity index (χ2n) is 5.94. The van der Waals surface area contributed by atoms with Crippen molar-refractivity contribution in [3.05, 3.63) is 11.3 Å². The van der Waals surface area contributed by atoms with Crippen LogP contribution in [0.3, 0.4) is 0 Å². The van der Waals surface area contributed by atoms with E-state index in [4.69, 9.17) is 18.0 Å². The zero-order chi connectivity index (χ0) is 14.2. The van der Waals surface area contributed by atoms with Crippen LogP contribution in [0.5, 0.6) is 0 Å². The average molecular weight is 280 g/mol. The first-order valence-corrected chi connectivity index (χ1v) is 7.41. The van der Waals surface area contributed by atoms with Gasteiger partial charge in [0.05, 0.1) is 11.3 Å². The van der Waals surface area contributed by atoms with Gasteiger partial charge in [-0.3, -0.25) is 4.68 Å². The van der Waals surface area contributed by atoms with Crippen molar-refractivity contribution in [2.24, 2.45) is 24.6 Å². The van der Waals surface area contributed by atoms with E-state index in [1.807, 2.05) is 18.7 Å². The number of anilines is 1. The molecule has 1 fully saturated rings. The third-order valence-electron chi connectivity index (χ3n) is 4.22. The smallest absolute Gasteiger partial charge is 0.134 e. The number of aromatic nitrogens is 2.